The van der Waals surface area contributed by atoms with E-state index in [0.29, 0.717) is 18.1 Å². The fourth-order valence-corrected chi connectivity index (χ4v) is 1.60. The van der Waals surface area contributed by atoms with Crippen molar-refractivity contribution in [2.24, 2.45) is 0 Å². The number of hydrogen-bond donors (Lipinski definition) is 3. The van der Waals surface area contributed by atoms with Crippen molar-refractivity contribution in [2.75, 3.05) is 6.54 Å². The largest absolute Gasteiger partial charge is 0.478 e. The van der Waals surface area contributed by atoms with Gasteiger partial charge < -0.3 is 20.2 Å². The third kappa shape index (κ3) is 5.13. The molecule has 0 aliphatic carbocycles. The highest BCUT2D eigenvalue weighted by atomic mass is 16.4. The molecule has 0 aliphatic heterocycles. The SMILES string of the molecule is Cc1oc(CNCC(=O)NC(C)(C)C)cc1C(=O)O. The van der Waals surface area contributed by atoms with Crippen LogP contribution < -0.4 is 10.6 Å². The summed E-state index contributed by atoms with van der Waals surface area (Å²) in [7, 11) is 0. The van der Waals surface area contributed by atoms with Crippen LogP contribution in [0, 0.1) is 6.92 Å². The predicted molar refractivity (Wildman–Crippen MR) is 70.0 cm³/mol. The highest BCUT2D eigenvalue weighted by Crippen LogP contribution is 2.14. The number of carbonyl (C=O) groups excluding carboxylic acids is 1. The smallest absolute Gasteiger partial charge is 0.339 e. The van der Waals surface area contributed by atoms with Crippen LogP contribution in [0.4, 0.5) is 0 Å². The minimum Gasteiger partial charge on any atom is -0.478 e. The lowest BCUT2D eigenvalue weighted by Crippen LogP contribution is -2.44. The molecule has 1 aromatic rings. The first kappa shape index (κ1) is 15.2. The van der Waals surface area contributed by atoms with E-state index in [0.717, 1.165) is 0 Å². The van der Waals surface area contributed by atoms with E-state index in [9.17, 15) is 9.59 Å². The minimum atomic E-state index is -1.02. The molecule has 19 heavy (non-hydrogen) atoms. The zero-order chi connectivity index (χ0) is 14.6. The summed E-state index contributed by atoms with van der Waals surface area (Å²) in [6.07, 6.45) is 0. The van der Waals surface area contributed by atoms with Crippen molar-refractivity contribution >= 4 is 11.9 Å². The Hall–Kier alpha value is -1.82. The van der Waals surface area contributed by atoms with Crippen LogP contribution in [0.3, 0.4) is 0 Å². The number of carboxylic acid groups (broad SMARTS) is 1. The van der Waals surface area contributed by atoms with Crippen molar-refractivity contribution in [3.8, 4) is 0 Å². The molecule has 1 amide bonds. The maximum Gasteiger partial charge on any atom is 0.339 e. The van der Waals surface area contributed by atoms with Crippen LogP contribution in [0.1, 0.15) is 42.6 Å². The maximum absolute atomic E-state index is 11.5. The second-order valence-electron chi connectivity index (χ2n) is 5.39. The standard InChI is InChI=1S/C13H20N2O4/c1-8-10(12(17)18)5-9(19-8)6-14-7-11(16)15-13(2,3)4/h5,14H,6-7H2,1-4H3,(H,15,16)(H,17,18). The summed E-state index contributed by atoms with van der Waals surface area (Å²) >= 11 is 0. The third-order valence-corrected chi connectivity index (χ3v) is 2.30. The predicted octanol–water partition coefficient (Wildman–Crippen LogP) is 1.29. The molecule has 3 N–H and O–H groups in total. The lowest BCUT2D eigenvalue weighted by atomic mass is 10.1. The van der Waals surface area contributed by atoms with Gasteiger partial charge in [0.2, 0.25) is 5.91 Å². The van der Waals surface area contributed by atoms with E-state index in [1.807, 2.05) is 20.8 Å². The first-order chi connectivity index (χ1) is 8.69. The fraction of sp³-hybridized carbons (Fsp3) is 0.538. The van der Waals surface area contributed by atoms with Gasteiger partial charge in [0.25, 0.3) is 0 Å². The Morgan fingerprint density at radius 2 is 2.00 bits per heavy atom. The van der Waals surface area contributed by atoms with E-state index in [1.165, 1.54) is 6.07 Å². The van der Waals surface area contributed by atoms with Gasteiger partial charge in [-0.3, -0.25) is 4.79 Å². The van der Waals surface area contributed by atoms with Crippen molar-refractivity contribution in [3.05, 3.63) is 23.2 Å². The summed E-state index contributed by atoms with van der Waals surface area (Å²) in [5, 5.41) is 14.6. The number of furan rings is 1. The van der Waals surface area contributed by atoms with Crippen molar-refractivity contribution < 1.29 is 19.1 Å². The van der Waals surface area contributed by atoms with E-state index in [-0.39, 0.29) is 23.6 Å². The third-order valence-electron chi connectivity index (χ3n) is 2.30. The van der Waals surface area contributed by atoms with Gasteiger partial charge in [-0.25, -0.2) is 4.79 Å². The van der Waals surface area contributed by atoms with Gasteiger partial charge in [-0.1, -0.05) is 0 Å². The molecule has 1 rings (SSSR count). The van der Waals surface area contributed by atoms with Crippen molar-refractivity contribution in [3.63, 3.8) is 0 Å². The van der Waals surface area contributed by atoms with E-state index in [2.05, 4.69) is 10.6 Å². The number of hydrogen-bond acceptors (Lipinski definition) is 4. The average Bonchev–Trinajstić information content (AvgIpc) is 2.57. The van der Waals surface area contributed by atoms with Crippen LogP contribution in [-0.2, 0) is 11.3 Å². The second kappa shape index (κ2) is 5.88. The molecule has 0 radical (unpaired) electrons. The Morgan fingerprint density at radius 1 is 1.37 bits per heavy atom. The van der Waals surface area contributed by atoms with E-state index in [4.69, 9.17) is 9.52 Å². The van der Waals surface area contributed by atoms with Crippen LogP contribution >= 0.6 is 0 Å². The first-order valence-electron chi connectivity index (χ1n) is 6.03. The summed E-state index contributed by atoms with van der Waals surface area (Å²) in [5.74, 6) is -0.269. The quantitative estimate of drug-likeness (QED) is 0.748. The number of carbonyl (C=O) groups is 2. The molecule has 0 saturated carbocycles. The summed E-state index contributed by atoms with van der Waals surface area (Å²) in [5.41, 5.74) is -0.118. The molecule has 0 bridgehead atoms. The lowest BCUT2D eigenvalue weighted by molar-refractivity contribution is -0.121. The number of aromatic carboxylic acids is 1. The van der Waals surface area contributed by atoms with Gasteiger partial charge in [0.1, 0.15) is 17.1 Å². The Kier molecular flexibility index (Phi) is 4.72. The summed E-state index contributed by atoms with van der Waals surface area (Å²) < 4.78 is 5.28. The van der Waals surface area contributed by atoms with Crippen LogP contribution in [-0.4, -0.2) is 29.1 Å². The molecule has 0 spiro atoms. The molecule has 106 valence electrons. The van der Waals surface area contributed by atoms with Gasteiger partial charge in [-0.15, -0.1) is 0 Å². The number of nitrogens with one attached hydrogen (secondary N) is 2. The monoisotopic (exact) mass is 268 g/mol. The molecule has 1 aromatic heterocycles. The average molecular weight is 268 g/mol. The topological polar surface area (TPSA) is 91.6 Å². The normalized spacial score (nSPS) is 11.4. The first-order valence-corrected chi connectivity index (χ1v) is 6.03. The molecular formula is C13H20N2O4. The van der Waals surface area contributed by atoms with Gasteiger partial charge in [0, 0.05) is 5.54 Å². The van der Waals surface area contributed by atoms with E-state index >= 15 is 0 Å². The molecule has 0 atom stereocenters. The van der Waals surface area contributed by atoms with Crippen LogP contribution in [0.2, 0.25) is 0 Å². The van der Waals surface area contributed by atoms with Crippen LogP contribution in [0.15, 0.2) is 10.5 Å². The Balaban J connectivity index is 2.44. The van der Waals surface area contributed by atoms with Gasteiger partial charge in [-0.2, -0.15) is 0 Å². The highest BCUT2D eigenvalue weighted by Gasteiger charge is 2.15. The van der Waals surface area contributed by atoms with Crippen molar-refractivity contribution in [1.29, 1.82) is 0 Å². The summed E-state index contributed by atoms with van der Waals surface area (Å²) in [4.78, 5) is 22.4. The number of rotatable bonds is 5. The second-order valence-corrected chi connectivity index (χ2v) is 5.39. The number of carboxylic acids is 1. The lowest BCUT2D eigenvalue weighted by Gasteiger charge is -2.20. The van der Waals surface area contributed by atoms with Crippen molar-refractivity contribution in [1.82, 2.24) is 10.6 Å². The van der Waals surface area contributed by atoms with Gasteiger partial charge >= 0.3 is 5.97 Å². The molecule has 0 aliphatic rings. The maximum atomic E-state index is 11.5. The van der Waals surface area contributed by atoms with E-state index in [1.54, 1.807) is 6.92 Å². The van der Waals surface area contributed by atoms with Crippen LogP contribution in [0.5, 0.6) is 0 Å². The van der Waals surface area contributed by atoms with Crippen molar-refractivity contribution in [2.45, 2.75) is 39.8 Å². The van der Waals surface area contributed by atoms with Gasteiger partial charge in [-0.05, 0) is 33.8 Å². The minimum absolute atomic E-state index is 0.116. The molecule has 0 saturated heterocycles. The molecule has 6 nitrogen and oxygen atoms in total. The summed E-state index contributed by atoms with van der Waals surface area (Å²) in [6.45, 7) is 7.77. The molecule has 0 aromatic carbocycles. The number of aryl methyl sites for hydroxylation is 1. The molecule has 0 fully saturated rings. The fourth-order valence-electron chi connectivity index (χ4n) is 1.60. The zero-order valence-electron chi connectivity index (χ0n) is 11.7. The molecule has 1 heterocycles. The Morgan fingerprint density at radius 3 is 2.47 bits per heavy atom. The Labute approximate surface area is 112 Å². The molecule has 6 heteroatoms. The summed E-state index contributed by atoms with van der Waals surface area (Å²) in [6, 6.07) is 1.46. The van der Waals surface area contributed by atoms with Gasteiger partial charge in [0.15, 0.2) is 0 Å². The van der Waals surface area contributed by atoms with E-state index < -0.39 is 5.97 Å². The van der Waals surface area contributed by atoms with Crippen LogP contribution in [0.25, 0.3) is 0 Å². The zero-order valence-corrected chi connectivity index (χ0v) is 11.7. The highest BCUT2D eigenvalue weighted by molar-refractivity contribution is 5.88. The molecular weight excluding hydrogens is 248 g/mol. The van der Waals surface area contributed by atoms with Gasteiger partial charge in [0.05, 0.1) is 13.1 Å². The number of amides is 1. The Bertz CT molecular complexity index is 471. The molecule has 0 unspecified atom stereocenters.